The number of benzene rings is 2. The van der Waals surface area contributed by atoms with Crippen molar-refractivity contribution < 1.29 is 8.78 Å². The van der Waals surface area contributed by atoms with Gasteiger partial charge in [0.25, 0.3) is 0 Å². The molecule has 108 valence electrons. The lowest BCUT2D eigenvalue weighted by atomic mass is 10.2. The van der Waals surface area contributed by atoms with Crippen molar-refractivity contribution in [2.24, 2.45) is 0 Å². The van der Waals surface area contributed by atoms with Gasteiger partial charge in [0.2, 0.25) is 0 Å². The van der Waals surface area contributed by atoms with Gasteiger partial charge < -0.3 is 9.88 Å². The normalized spacial score (nSPS) is 11.0. The maximum atomic E-state index is 14.1. The molecular weight excluding hydrogens is 292 g/mol. The number of hydrogen-bond donors (Lipinski definition) is 1. The minimum absolute atomic E-state index is 0.121. The van der Waals surface area contributed by atoms with E-state index in [9.17, 15) is 8.78 Å². The van der Waals surface area contributed by atoms with Gasteiger partial charge in [0, 0.05) is 19.8 Å². The van der Waals surface area contributed by atoms with E-state index >= 15 is 0 Å². The molecule has 1 heterocycles. The van der Waals surface area contributed by atoms with Crippen LogP contribution >= 0.6 is 12.2 Å². The van der Waals surface area contributed by atoms with E-state index < -0.39 is 11.6 Å². The molecule has 0 saturated heterocycles. The van der Waals surface area contributed by atoms with E-state index in [-0.39, 0.29) is 5.52 Å². The van der Waals surface area contributed by atoms with Crippen LogP contribution in [0.25, 0.3) is 16.7 Å². The second kappa shape index (κ2) is 4.96. The molecular formula is C15H13F2N3S. The first-order valence-corrected chi connectivity index (χ1v) is 6.76. The zero-order valence-corrected chi connectivity index (χ0v) is 12.3. The Balaban J connectivity index is 2.35. The quantitative estimate of drug-likeness (QED) is 0.723. The van der Waals surface area contributed by atoms with Gasteiger partial charge in [-0.2, -0.15) is 0 Å². The van der Waals surface area contributed by atoms with E-state index in [4.69, 9.17) is 12.2 Å². The molecule has 0 aliphatic heterocycles. The lowest BCUT2D eigenvalue weighted by Gasteiger charge is -2.14. The van der Waals surface area contributed by atoms with Gasteiger partial charge in [-0.05, 0) is 42.5 Å². The van der Waals surface area contributed by atoms with Gasteiger partial charge in [-0.3, -0.25) is 4.57 Å². The average Bonchev–Trinajstić information content (AvgIpc) is 2.80. The second-order valence-electron chi connectivity index (χ2n) is 4.94. The van der Waals surface area contributed by atoms with Crippen LogP contribution in [0.4, 0.5) is 14.5 Å². The minimum Gasteiger partial charge on any atom is -0.378 e. The summed E-state index contributed by atoms with van der Waals surface area (Å²) in [5, 5.41) is 0. The molecule has 0 atom stereocenters. The highest BCUT2D eigenvalue weighted by Gasteiger charge is 2.15. The predicted molar refractivity (Wildman–Crippen MR) is 82.7 cm³/mol. The number of nitrogens with one attached hydrogen (secondary N) is 1. The third-order valence-corrected chi connectivity index (χ3v) is 3.63. The second-order valence-corrected chi connectivity index (χ2v) is 5.32. The molecule has 0 radical (unpaired) electrons. The first-order chi connectivity index (χ1) is 9.99. The summed E-state index contributed by atoms with van der Waals surface area (Å²) in [7, 11) is 3.82. The van der Waals surface area contributed by atoms with Crippen molar-refractivity contribution in [2.75, 3.05) is 19.0 Å². The van der Waals surface area contributed by atoms with Crippen LogP contribution in [0, 0.1) is 16.4 Å². The van der Waals surface area contributed by atoms with Crippen LogP contribution in [0.3, 0.4) is 0 Å². The fourth-order valence-corrected chi connectivity index (χ4v) is 2.60. The minimum atomic E-state index is -0.907. The molecule has 0 amide bonds. The van der Waals surface area contributed by atoms with Crippen molar-refractivity contribution in [1.82, 2.24) is 9.55 Å². The summed E-state index contributed by atoms with van der Waals surface area (Å²) < 4.78 is 29.5. The molecule has 0 saturated carbocycles. The molecule has 1 N–H and O–H groups in total. The zero-order chi connectivity index (χ0) is 15.1. The van der Waals surface area contributed by atoms with E-state index in [0.717, 1.165) is 11.8 Å². The molecule has 1 aromatic heterocycles. The fraction of sp³-hybridized carbons (Fsp3) is 0.133. The number of imidazole rings is 1. The highest BCUT2D eigenvalue weighted by atomic mass is 32.1. The van der Waals surface area contributed by atoms with Crippen LogP contribution in [-0.2, 0) is 0 Å². The standard InChI is InChI=1S/C15H13F2N3S/c1-19(2)9-4-3-5-10(8-9)20-14-12(18-15(20)21)7-6-11(16)13(14)17/h3-8H,1-2H3,(H,18,21). The summed E-state index contributed by atoms with van der Waals surface area (Å²) in [5.41, 5.74) is 2.22. The average molecular weight is 305 g/mol. The summed E-state index contributed by atoms with van der Waals surface area (Å²) in [6, 6.07) is 10.0. The van der Waals surface area contributed by atoms with Crippen LogP contribution in [0.5, 0.6) is 0 Å². The number of halogens is 2. The number of fused-ring (bicyclic) bond motifs is 1. The van der Waals surface area contributed by atoms with Crippen LogP contribution in [0.15, 0.2) is 36.4 Å². The van der Waals surface area contributed by atoms with Crippen molar-refractivity contribution >= 4 is 28.9 Å². The Morgan fingerprint density at radius 1 is 1.14 bits per heavy atom. The van der Waals surface area contributed by atoms with Gasteiger partial charge in [-0.25, -0.2) is 8.78 Å². The molecule has 0 unspecified atom stereocenters. The van der Waals surface area contributed by atoms with Crippen molar-refractivity contribution in [1.29, 1.82) is 0 Å². The first-order valence-electron chi connectivity index (χ1n) is 6.35. The van der Waals surface area contributed by atoms with E-state index in [1.54, 1.807) is 6.07 Å². The summed E-state index contributed by atoms with van der Waals surface area (Å²) in [5.74, 6) is -1.80. The Morgan fingerprint density at radius 2 is 1.90 bits per heavy atom. The van der Waals surface area contributed by atoms with Gasteiger partial charge >= 0.3 is 0 Å². The van der Waals surface area contributed by atoms with Crippen LogP contribution in [0.1, 0.15) is 0 Å². The molecule has 0 aliphatic rings. The zero-order valence-electron chi connectivity index (χ0n) is 11.5. The number of nitrogens with zero attached hydrogens (tertiary/aromatic N) is 2. The SMILES string of the molecule is CN(C)c1cccc(-n2c(=S)[nH]c3ccc(F)c(F)c32)c1. The van der Waals surface area contributed by atoms with Crippen molar-refractivity contribution in [3.8, 4) is 5.69 Å². The van der Waals surface area contributed by atoms with E-state index in [2.05, 4.69) is 4.98 Å². The van der Waals surface area contributed by atoms with Crippen LogP contribution in [0.2, 0.25) is 0 Å². The van der Waals surface area contributed by atoms with Crippen molar-refractivity contribution in [3.05, 3.63) is 52.8 Å². The third kappa shape index (κ3) is 2.21. The van der Waals surface area contributed by atoms with Gasteiger partial charge in [-0.15, -0.1) is 0 Å². The van der Waals surface area contributed by atoms with Crippen LogP contribution in [-0.4, -0.2) is 23.6 Å². The lowest BCUT2D eigenvalue weighted by molar-refractivity contribution is 0.514. The molecule has 0 aliphatic carbocycles. The molecule has 0 bridgehead atoms. The van der Waals surface area contributed by atoms with E-state index in [0.29, 0.717) is 16.0 Å². The predicted octanol–water partition coefficient (Wildman–Crippen LogP) is 4.03. The molecule has 0 spiro atoms. The molecule has 3 rings (SSSR count). The number of H-pyrrole nitrogens is 1. The Labute approximate surface area is 125 Å². The summed E-state index contributed by atoms with van der Waals surface area (Å²) in [6.45, 7) is 0. The maximum absolute atomic E-state index is 14.1. The van der Waals surface area contributed by atoms with Crippen LogP contribution < -0.4 is 4.90 Å². The number of anilines is 1. The summed E-state index contributed by atoms with van der Waals surface area (Å²) >= 11 is 5.25. The lowest BCUT2D eigenvalue weighted by Crippen LogP contribution is -2.09. The van der Waals surface area contributed by atoms with E-state index in [1.165, 1.54) is 10.6 Å². The Kier molecular flexibility index (Phi) is 3.25. The van der Waals surface area contributed by atoms with Crippen molar-refractivity contribution in [3.63, 3.8) is 0 Å². The fourth-order valence-electron chi connectivity index (χ4n) is 2.29. The number of aromatic amines is 1. The summed E-state index contributed by atoms with van der Waals surface area (Å²) in [4.78, 5) is 4.83. The molecule has 2 aromatic carbocycles. The molecule has 3 aromatic rings. The third-order valence-electron chi connectivity index (χ3n) is 3.34. The molecule has 21 heavy (non-hydrogen) atoms. The summed E-state index contributed by atoms with van der Waals surface area (Å²) in [6.07, 6.45) is 0. The van der Waals surface area contributed by atoms with Crippen molar-refractivity contribution in [2.45, 2.75) is 0 Å². The maximum Gasteiger partial charge on any atom is 0.184 e. The Bertz CT molecular complexity index is 880. The number of rotatable bonds is 2. The Morgan fingerprint density at radius 3 is 2.62 bits per heavy atom. The van der Waals surface area contributed by atoms with Gasteiger partial charge in [0.05, 0.1) is 11.2 Å². The molecule has 3 nitrogen and oxygen atoms in total. The largest absolute Gasteiger partial charge is 0.378 e. The number of aromatic nitrogens is 2. The first kappa shape index (κ1) is 13.8. The smallest absolute Gasteiger partial charge is 0.184 e. The topological polar surface area (TPSA) is 24.0 Å². The van der Waals surface area contributed by atoms with Gasteiger partial charge in [0.1, 0.15) is 5.52 Å². The van der Waals surface area contributed by atoms with Gasteiger partial charge in [0.15, 0.2) is 16.4 Å². The number of hydrogen-bond acceptors (Lipinski definition) is 2. The monoisotopic (exact) mass is 305 g/mol. The highest BCUT2D eigenvalue weighted by Crippen LogP contribution is 2.25. The highest BCUT2D eigenvalue weighted by molar-refractivity contribution is 7.71. The molecule has 6 heteroatoms. The van der Waals surface area contributed by atoms with E-state index in [1.807, 2.05) is 37.2 Å². The van der Waals surface area contributed by atoms with Gasteiger partial charge in [-0.1, -0.05) is 6.07 Å². The molecule has 0 fully saturated rings. The Hall–Kier alpha value is -2.21.